The summed E-state index contributed by atoms with van der Waals surface area (Å²) in [5.74, 6) is 0. The molecule has 1 saturated carbocycles. The number of hydrogen-bond acceptors (Lipinski definition) is 3. The van der Waals surface area contributed by atoms with Gasteiger partial charge in [-0.2, -0.15) is 0 Å². The topological polar surface area (TPSA) is 55.2 Å². The van der Waals surface area contributed by atoms with Gasteiger partial charge in [0.2, 0.25) is 0 Å². The van der Waals surface area contributed by atoms with E-state index >= 15 is 0 Å². The lowest BCUT2D eigenvalue weighted by Gasteiger charge is -2.28. The van der Waals surface area contributed by atoms with Gasteiger partial charge in [-0.25, -0.2) is 0 Å². The molecule has 0 bridgehead atoms. The number of anilines is 1. The number of nitro groups is 1. The Morgan fingerprint density at radius 2 is 2.11 bits per heavy atom. The molecule has 0 atom stereocenters. The van der Waals surface area contributed by atoms with E-state index in [0.717, 1.165) is 16.7 Å². The van der Waals surface area contributed by atoms with Crippen molar-refractivity contribution in [2.75, 3.05) is 11.9 Å². The van der Waals surface area contributed by atoms with Crippen molar-refractivity contribution in [2.24, 2.45) is 5.41 Å². The number of nitrogens with one attached hydrogen (secondary N) is 1. The van der Waals surface area contributed by atoms with Crippen molar-refractivity contribution in [3.05, 3.63) is 32.8 Å². The molecule has 0 radical (unpaired) electrons. The van der Waals surface area contributed by atoms with Crippen molar-refractivity contribution in [3.8, 4) is 0 Å². The maximum atomic E-state index is 10.7. The third kappa shape index (κ3) is 3.26. The molecule has 1 N–H and O–H groups in total. The Kier molecular flexibility index (Phi) is 4.45. The minimum Gasteiger partial charge on any atom is -0.384 e. The first-order chi connectivity index (χ1) is 9.06. The maximum absolute atomic E-state index is 10.7. The lowest BCUT2D eigenvalue weighted by Crippen LogP contribution is -2.26. The number of halogens is 1. The molecule has 5 heteroatoms. The zero-order valence-electron chi connectivity index (χ0n) is 11.1. The summed E-state index contributed by atoms with van der Waals surface area (Å²) in [6.07, 6.45) is 6.38. The Morgan fingerprint density at radius 3 is 2.63 bits per heavy atom. The highest BCUT2D eigenvalue weighted by atomic mass is 79.9. The number of nitrogens with zero attached hydrogens (tertiary/aromatic N) is 1. The molecule has 104 valence electrons. The molecule has 0 aromatic heterocycles. The van der Waals surface area contributed by atoms with Gasteiger partial charge in [0.05, 0.1) is 4.92 Å². The van der Waals surface area contributed by atoms with Crippen LogP contribution in [-0.4, -0.2) is 11.5 Å². The zero-order chi connectivity index (χ0) is 13.9. The lowest BCUT2D eigenvalue weighted by molar-refractivity contribution is -0.384. The molecule has 4 nitrogen and oxygen atoms in total. The normalized spacial score (nSPS) is 17.4. The zero-order valence-corrected chi connectivity index (χ0v) is 12.7. The Hall–Kier alpha value is -1.10. The number of nitro benzene ring substituents is 1. The first-order valence-electron chi connectivity index (χ1n) is 6.74. The third-order valence-electron chi connectivity index (χ3n) is 4.23. The van der Waals surface area contributed by atoms with E-state index in [1.165, 1.54) is 32.1 Å². The van der Waals surface area contributed by atoms with Crippen LogP contribution >= 0.6 is 15.9 Å². The van der Waals surface area contributed by atoms with Crippen LogP contribution in [0.3, 0.4) is 0 Å². The third-order valence-corrected chi connectivity index (χ3v) is 4.89. The Morgan fingerprint density at radius 1 is 1.42 bits per heavy atom. The van der Waals surface area contributed by atoms with Gasteiger partial charge in [0.1, 0.15) is 0 Å². The van der Waals surface area contributed by atoms with E-state index in [9.17, 15) is 10.1 Å². The summed E-state index contributed by atoms with van der Waals surface area (Å²) in [6, 6.07) is 4.87. The average molecular weight is 327 g/mol. The fraction of sp³-hybridized carbons (Fsp3) is 0.571. The molecule has 2 rings (SSSR count). The summed E-state index contributed by atoms with van der Waals surface area (Å²) in [7, 11) is 0. The summed E-state index contributed by atoms with van der Waals surface area (Å²) in [6.45, 7) is 3.19. The van der Waals surface area contributed by atoms with Gasteiger partial charge in [0.25, 0.3) is 5.69 Å². The van der Waals surface area contributed by atoms with Gasteiger partial charge in [0.15, 0.2) is 0 Å². The highest BCUT2D eigenvalue weighted by Gasteiger charge is 2.31. The second kappa shape index (κ2) is 5.90. The molecule has 1 aliphatic rings. The Labute approximate surface area is 121 Å². The maximum Gasteiger partial charge on any atom is 0.270 e. The predicted octanol–water partition coefficient (Wildman–Crippen LogP) is 4.74. The SMILES string of the molecule is CCC1(CNc2ccc([N+](=O)[O-])cc2Br)CCCC1. The molecule has 1 aromatic carbocycles. The van der Waals surface area contributed by atoms with Crippen LogP contribution in [0.1, 0.15) is 39.0 Å². The lowest BCUT2D eigenvalue weighted by atomic mass is 9.83. The highest BCUT2D eigenvalue weighted by Crippen LogP contribution is 2.41. The largest absolute Gasteiger partial charge is 0.384 e. The molecular weight excluding hydrogens is 308 g/mol. The highest BCUT2D eigenvalue weighted by molar-refractivity contribution is 9.10. The predicted molar refractivity (Wildman–Crippen MR) is 80.5 cm³/mol. The second-order valence-electron chi connectivity index (χ2n) is 5.34. The first kappa shape index (κ1) is 14.3. The van der Waals surface area contributed by atoms with Crippen molar-refractivity contribution >= 4 is 27.3 Å². The van der Waals surface area contributed by atoms with Crippen LogP contribution < -0.4 is 5.32 Å². The minimum atomic E-state index is -0.376. The Bertz CT molecular complexity index is 471. The number of benzene rings is 1. The van der Waals surface area contributed by atoms with Gasteiger partial charge in [-0.1, -0.05) is 19.8 Å². The number of non-ortho nitro benzene ring substituents is 1. The van der Waals surface area contributed by atoms with Crippen LogP contribution in [0.25, 0.3) is 0 Å². The van der Waals surface area contributed by atoms with Gasteiger partial charge in [-0.15, -0.1) is 0 Å². The molecule has 0 unspecified atom stereocenters. The fourth-order valence-electron chi connectivity index (χ4n) is 2.82. The van der Waals surface area contributed by atoms with Crippen LogP contribution in [-0.2, 0) is 0 Å². The number of hydrogen-bond donors (Lipinski definition) is 1. The van der Waals surface area contributed by atoms with E-state index in [1.54, 1.807) is 18.2 Å². The van der Waals surface area contributed by atoms with Gasteiger partial charge < -0.3 is 5.32 Å². The van der Waals surface area contributed by atoms with Crippen molar-refractivity contribution in [1.82, 2.24) is 0 Å². The molecule has 0 amide bonds. The van der Waals surface area contributed by atoms with Gasteiger partial charge in [0, 0.05) is 28.8 Å². The van der Waals surface area contributed by atoms with Crippen LogP contribution in [0.15, 0.2) is 22.7 Å². The molecule has 1 aromatic rings. The standard InChI is InChI=1S/C14H19BrN2O2/c1-2-14(7-3-4-8-14)10-16-13-6-5-11(17(18)19)9-12(13)15/h5-6,9,16H,2-4,7-8,10H2,1H3. The second-order valence-corrected chi connectivity index (χ2v) is 6.19. The van der Waals surface area contributed by atoms with Gasteiger partial charge in [-0.3, -0.25) is 10.1 Å². The van der Waals surface area contributed by atoms with E-state index in [2.05, 4.69) is 28.2 Å². The van der Waals surface area contributed by atoms with E-state index < -0.39 is 0 Å². The van der Waals surface area contributed by atoms with E-state index in [1.807, 2.05) is 0 Å². The van der Waals surface area contributed by atoms with Crippen LogP contribution in [0.5, 0.6) is 0 Å². The smallest absolute Gasteiger partial charge is 0.270 e. The van der Waals surface area contributed by atoms with Crippen LogP contribution in [0.2, 0.25) is 0 Å². The molecule has 0 spiro atoms. The van der Waals surface area contributed by atoms with E-state index in [-0.39, 0.29) is 10.6 Å². The molecule has 0 saturated heterocycles. The van der Waals surface area contributed by atoms with Gasteiger partial charge >= 0.3 is 0 Å². The summed E-state index contributed by atoms with van der Waals surface area (Å²) >= 11 is 3.40. The molecule has 1 fully saturated rings. The van der Waals surface area contributed by atoms with E-state index in [0.29, 0.717) is 5.41 Å². The van der Waals surface area contributed by atoms with Crippen LogP contribution in [0, 0.1) is 15.5 Å². The molecular formula is C14H19BrN2O2. The minimum absolute atomic E-state index is 0.114. The average Bonchev–Trinajstić information content (AvgIpc) is 2.86. The summed E-state index contributed by atoms with van der Waals surface area (Å²) in [5, 5.41) is 14.1. The molecule has 0 heterocycles. The van der Waals surface area contributed by atoms with E-state index in [4.69, 9.17) is 0 Å². The van der Waals surface area contributed by atoms with Gasteiger partial charge in [-0.05, 0) is 46.7 Å². The van der Waals surface area contributed by atoms with Crippen LogP contribution in [0.4, 0.5) is 11.4 Å². The summed E-state index contributed by atoms with van der Waals surface area (Å²) in [5.41, 5.74) is 1.45. The van der Waals surface area contributed by atoms with Crippen molar-refractivity contribution in [3.63, 3.8) is 0 Å². The molecule has 1 aliphatic carbocycles. The quantitative estimate of drug-likeness (QED) is 0.628. The molecule has 19 heavy (non-hydrogen) atoms. The van der Waals surface area contributed by atoms with Crippen molar-refractivity contribution < 1.29 is 4.92 Å². The van der Waals surface area contributed by atoms with Crippen molar-refractivity contribution in [1.29, 1.82) is 0 Å². The summed E-state index contributed by atoms with van der Waals surface area (Å²) < 4.78 is 0.756. The van der Waals surface area contributed by atoms with Crippen molar-refractivity contribution in [2.45, 2.75) is 39.0 Å². The monoisotopic (exact) mass is 326 g/mol. The Balaban J connectivity index is 2.05. The number of rotatable bonds is 5. The molecule has 0 aliphatic heterocycles. The fourth-order valence-corrected chi connectivity index (χ4v) is 3.33. The summed E-state index contributed by atoms with van der Waals surface area (Å²) in [4.78, 5) is 10.3. The first-order valence-corrected chi connectivity index (χ1v) is 7.53.